The molecule has 0 spiro atoms. The Morgan fingerprint density at radius 2 is 2.00 bits per heavy atom. The number of urea groups is 1. The number of hydrogen-bond acceptors (Lipinski definition) is 3. The lowest BCUT2D eigenvalue weighted by Gasteiger charge is -2.19. The van der Waals surface area contributed by atoms with Crippen molar-refractivity contribution in [3.63, 3.8) is 0 Å². The number of nitrogens with zero attached hydrogens (tertiary/aromatic N) is 2. The zero-order valence-corrected chi connectivity index (χ0v) is 11.1. The number of β-amino-alcohol motifs (C(OH)–C–C–N with tert-alkyl or cyclic N) is 1. The summed E-state index contributed by atoms with van der Waals surface area (Å²) in [5.41, 5.74) is -0.893. The van der Waals surface area contributed by atoms with Gasteiger partial charge in [0.25, 0.3) is 0 Å². The van der Waals surface area contributed by atoms with Gasteiger partial charge in [-0.3, -0.25) is 9.69 Å². The van der Waals surface area contributed by atoms with Crippen molar-refractivity contribution in [3.8, 4) is 0 Å². The van der Waals surface area contributed by atoms with Gasteiger partial charge in [0.2, 0.25) is 5.91 Å². The maximum atomic E-state index is 12.6. The van der Waals surface area contributed by atoms with Crippen LogP contribution in [0.15, 0.2) is 24.3 Å². The van der Waals surface area contributed by atoms with Crippen molar-refractivity contribution < 1.29 is 27.9 Å². The monoisotopic (exact) mass is 302 g/mol. The van der Waals surface area contributed by atoms with Gasteiger partial charge in [-0.05, 0) is 17.7 Å². The summed E-state index contributed by atoms with van der Waals surface area (Å²) < 4.78 is 37.8. The second-order valence-corrected chi connectivity index (χ2v) is 4.78. The highest BCUT2D eigenvalue weighted by Gasteiger charge is 2.35. The minimum atomic E-state index is -4.52. The molecular formula is C13H13F3N2O3. The van der Waals surface area contributed by atoms with Crippen LogP contribution < -0.4 is 0 Å². The molecule has 0 bridgehead atoms. The zero-order valence-electron chi connectivity index (χ0n) is 11.1. The van der Waals surface area contributed by atoms with Gasteiger partial charge in [0.1, 0.15) is 6.54 Å². The van der Waals surface area contributed by atoms with E-state index in [2.05, 4.69) is 0 Å². The van der Waals surface area contributed by atoms with Gasteiger partial charge < -0.3 is 10.0 Å². The lowest BCUT2D eigenvalue weighted by atomic mass is 10.1. The number of amides is 3. The molecule has 1 saturated heterocycles. The van der Waals surface area contributed by atoms with Gasteiger partial charge >= 0.3 is 12.2 Å². The lowest BCUT2D eigenvalue weighted by Crippen LogP contribution is -2.35. The minimum absolute atomic E-state index is 0.0000203. The summed E-state index contributed by atoms with van der Waals surface area (Å²) in [5, 5.41) is 9.96. The summed E-state index contributed by atoms with van der Waals surface area (Å²) in [6, 6.07) is 3.59. The fraction of sp³-hybridized carbons (Fsp3) is 0.385. The van der Waals surface area contributed by atoms with Crippen LogP contribution in [0.4, 0.5) is 18.0 Å². The van der Waals surface area contributed by atoms with Gasteiger partial charge in [0.05, 0.1) is 18.2 Å². The summed E-state index contributed by atoms with van der Waals surface area (Å²) >= 11 is 0. The number of carbonyl (C=O) groups is 2. The SMILES string of the molecule is CN1CC(=O)N(CC(O)c2cccc(C(F)(F)F)c2)C1=O. The Kier molecular flexibility index (Phi) is 3.91. The van der Waals surface area contributed by atoms with Gasteiger partial charge in [-0.15, -0.1) is 0 Å². The standard InChI is InChI=1S/C13H13F3N2O3/c1-17-7-11(20)18(12(17)21)6-10(19)8-3-2-4-9(5-8)13(14,15)16/h2-5,10,19H,6-7H2,1H3. The summed E-state index contributed by atoms with van der Waals surface area (Å²) in [6.45, 7) is -0.475. The van der Waals surface area contributed by atoms with Gasteiger partial charge in [-0.1, -0.05) is 12.1 Å². The van der Waals surface area contributed by atoms with Crippen LogP contribution in [0.3, 0.4) is 0 Å². The molecule has 0 aliphatic carbocycles. The predicted molar refractivity (Wildman–Crippen MR) is 66.1 cm³/mol. The highest BCUT2D eigenvalue weighted by molar-refractivity contribution is 6.01. The molecule has 1 aromatic rings. The third-order valence-electron chi connectivity index (χ3n) is 3.19. The summed E-state index contributed by atoms with van der Waals surface area (Å²) in [4.78, 5) is 25.2. The first kappa shape index (κ1) is 15.3. The van der Waals surface area contributed by atoms with Gasteiger partial charge in [-0.25, -0.2) is 4.79 Å². The molecule has 0 saturated carbocycles. The van der Waals surface area contributed by atoms with Crippen molar-refractivity contribution in [2.75, 3.05) is 20.1 Å². The van der Waals surface area contributed by atoms with Crippen LogP contribution in [0.25, 0.3) is 0 Å². The van der Waals surface area contributed by atoms with E-state index in [-0.39, 0.29) is 18.7 Å². The molecule has 5 nitrogen and oxygen atoms in total. The van der Waals surface area contributed by atoms with E-state index in [0.29, 0.717) is 0 Å². The number of halogens is 3. The lowest BCUT2D eigenvalue weighted by molar-refractivity contribution is -0.137. The van der Waals surface area contributed by atoms with Gasteiger partial charge in [0.15, 0.2) is 0 Å². The van der Waals surface area contributed by atoms with Crippen LogP contribution in [0.1, 0.15) is 17.2 Å². The predicted octanol–water partition coefficient (Wildman–Crippen LogP) is 1.63. The normalized spacial score (nSPS) is 17.6. The number of aliphatic hydroxyl groups excluding tert-OH is 1. The topological polar surface area (TPSA) is 60.9 Å². The molecule has 2 rings (SSSR count). The molecule has 3 amide bonds. The van der Waals surface area contributed by atoms with E-state index in [1.54, 1.807) is 0 Å². The average molecular weight is 302 g/mol. The number of aliphatic hydroxyl groups is 1. The molecule has 21 heavy (non-hydrogen) atoms. The van der Waals surface area contributed by atoms with Gasteiger partial charge in [0, 0.05) is 7.05 Å². The molecule has 1 N–H and O–H groups in total. The molecular weight excluding hydrogens is 289 g/mol. The molecule has 0 aromatic heterocycles. The van der Waals surface area contributed by atoms with Crippen LogP contribution >= 0.6 is 0 Å². The van der Waals surface area contributed by atoms with Crippen molar-refractivity contribution in [2.24, 2.45) is 0 Å². The fourth-order valence-corrected chi connectivity index (χ4v) is 2.05. The van der Waals surface area contributed by atoms with Crippen LogP contribution in [-0.4, -0.2) is 47.0 Å². The van der Waals surface area contributed by atoms with E-state index in [1.165, 1.54) is 24.1 Å². The van der Waals surface area contributed by atoms with Crippen LogP contribution in [0.5, 0.6) is 0 Å². The molecule has 8 heteroatoms. The number of alkyl halides is 3. The van der Waals surface area contributed by atoms with E-state index >= 15 is 0 Å². The van der Waals surface area contributed by atoms with E-state index in [4.69, 9.17) is 0 Å². The summed E-state index contributed by atoms with van der Waals surface area (Å²) in [6.07, 6.45) is -5.89. The number of carbonyl (C=O) groups excluding carboxylic acids is 2. The quantitative estimate of drug-likeness (QED) is 0.863. The molecule has 1 heterocycles. The average Bonchev–Trinajstić information content (AvgIpc) is 2.64. The molecule has 1 aliphatic heterocycles. The van der Waals surface area contributed by atoms with Crippen LogP contribution in [-0.2, 0) is 11.0 Å². The van der Waals surface area contributed by atoms with Crippen LogP contribution in [0, 0.1) is 0 Å². The highest BCUT2D eigenvalue weighted by Crippen LogP contribution is 2.31. The Hall–Kier alpha value is -2.09. The molecule has 1 aromatic carbocycles. The third-order valence-corrected chi connectivity index (χ3v) is 3.19. The second-order valence-electron chi connectivity index (χ2n) is 4.78. The van der Waals surface area contributed by atoms with Crippen molar-refractivity contribution in [1.29, 1.82) is 0 Å². The Morgan fingerprint density at radius 3 is 2.52 bits per heavy atom. The van der Waals surface area contributed by atoms with E-state index in [9.17, 15) is 27.9 Å². The Bertz CT molecular complexity index is 574. The second kappa shape index (κ2) is 5.36. The molecule has 1 aliphatic rings. The highest BCUT2D eigenvalue weighted by atomic mass is 19.4. The molecule has 114 valence electrons. The van der Waals surface area contributed by atoms with Gasteiger partial charge in [-0.2, -0.15) is 13.2 Å². The largest absolute Gasteiger partial charge is 0.416 e. The Labute approximate surface area is 118 Å². The molecule has 1 atom stereocenters. The zero-order chi connectivity index (χ0) is 15.8. The van der Waals surface area contributed by atoms with Crippen molar-refractivity contribution >= 4 is 11.9 Å². The van der Waals surface area contributed by atoms with Crippen LogP contribution in [0.2, 0.25) is 0 Å². The number of hydrogen-bond donors (Lipinski definition) is 1. The van der Waals surface area contributed by atoms with E-state index in [1.807, 2.05) is 0 Å². The number of imide groups is 1. The summed E-state index contributed by atoms with van der Waals surface area (Å²) in [7, 11) is 1.43. The minimum Gasteiger partial charge on any atom is -0.387 e. The van der Waals surface area contributed by atoms with E-state index < -0.39 is 29.8 Å². The van der Waals surface area contributed by atoms with Crippen molar-refractivity contribution in [1.82, 2.24) is 9.80 Å². The van der Waals surface area contributed by atoms with E-state index in [0.717, 1.165) is 17.0 Å². The first-order valence-electron chi connectivity index (χ1n) is 6.11. The fourth-order valence-electron chi connectivity index (χ4n) is 2.05. The summed E-state index contributed by atoms with van der Waals surface area (Å²) in [5.74, 6) is -0.492. The molecule has 1 fully saturated rings. The Morgan fingerprint density at radius 1 is 1.33 bits per heavy atom. The maximum absolute atomic E-state index is 12.6. The number of rotatable bonds is 3. The Balaban J connectivity index is 2.16. The van der Waals surface area contributed by atoms with Crippen molar-refractivity contribution in [2.45, 2.75) is 12.3 Å². The first-order chi connectivity index (χ1) is 9.70. The smallest absolute Gasteiger partial charge is 0.387 e. The number of likely N-dealkylation sites (N-methyl/N-ethyl adjacent to an activating group) is 1. The number of benzene rings is 1. The van der Waals surface area contributed by atoms with Crippen molar-refractivity contribution in [3.05, 3.63) is 35.4 Å². The third kappa shape index (κ3) is 3.15. The maximum Gasteiger partial charge on any atom is 0.416 e. The first-order valence-corrected chi connectivity index (χ1v) is 6.11. The molecule has 0 radical (unpaired) electrons. The molecule has 1 unspecified atom stereocenters.